The zero-order chi connectivity index (χ0) is 17.6. The molecule has 0 aromatic heterocycles. The molecule has 0 unspecified atom stereocenters. The number of likely N-dealkylation sites (N-methyl/N-ethyl adjacent to an activating group) is 1. The number of nitrogens with zero attached hydrogens (tertiary/aromatic N) is 3. The zero-order valence-electron chi connectivity index (χ0n) is 15.4. The topological polar surface area (TPSA) is 48.0 Å². The van der Waals surface area contributed by atoms with E-state index in [9.17, 15) is 4.79 Å². The Morgan fingerprint density at radius 1 is 1.24 bits per heavy atom. The second kappa shape index (κ2) is 8.65. The minimum absolute atomic E-state index is 0.0185. The predicted molar refractivity (Wildman–Crippen MR) is 100 cm³/mol. The molecule has 2 aliphatic heterocycles. The Morgan fingerprint density at radius 3 is 2.76 bits per heavy atom. The van der Waals surface area contributed by atoms with Crippen LogP contribution in [0.3, 0.4) is 0 Å². The van der Waals surface area contributed by atoms with Crippen LogP contribution in [-0.2, 0) is 9.53 Å². The molecule has 0 spiro atoms. The van der Waals surface area contributed by atoms with Crippen LogP contribution in [0.5, 0.6) is 0 Å². The molecule has 25 heavy (non-hydrogen) atoms. The average Bonchev–Trinajstić information content (AvgIpc) is 2.62. The van der Waals surface area contributed by atoms with Crippen LogP contribution in [0.2, 0.25) is 0 Å². The molecule has 2 fully saturated rings. The standard InChI is InChI=1S/C19H30N4O2/c1-16-4-3-5-17(14-16)23-10-8-22(9-11-23)7-6-20-19(24)18-15-21(2)12-13-25-18/h3-5,14,18H,6-13,15H2,1-2H3,(H,20,24)/t18-/m0/s1. The highest BCUT2D eigenvalue weighted by molar-refractivity contribution is 5.81. The summed E-state index contributed by atoms with van der Waals surface area (Å²) in [7, 11) is 2.02. The third-order valence-electron chi connectivity index (χ3n) is 5.03. The third kappa shape index (κ3) is 5.17. The molecule has 6 heteroatoms. The molecule has 3 rings (SSSR count). The number of benzene rings is 1. The van der Waals surface area contributed by atoms with Gasteiger partial charge < -0.3 is 19.9 Å². The second-order valence-corrected chi connectivity index (χ2v) is 7.08. The Kier molecular flexibility index (Phi) is 6.29. The first-order valence-corrected chi connectivity index (χ1v) is 9.23. The molecule has 1 N–H and O–H groups in total. The number of carbonyl (C=O) groups is 1. The molecule has 2 saturated heterocycles. The normalized spacial score (nSPS) is 22.8. The Labute approximate surface area is 150 Å². The number of nitrogens with one attached hydrogen (secondary N) is 1. The number of hydrogen-bond acceptors (Lipinski definition) is 5. The number of hydrogen-bond donors (Lipinski definition) is 1. The van der Waals surface area contributed by atoms with Crippen LogP contribution in [0.25, 0.3) is 0 Å². The molecule has 0 radical (unpaired) electrons. The van der Waals surface area contributed by atoms with Crippen molar-refractivity contribution < 1.29 is 9.53 Å². The van der Waals surface area contributed by atoms with Crippen LogP contribution in [0.1, 0.15) is 5.56 Å². The number of morpholine rings is 1. The minimum atomic E-state index is -0.322. The van der Waals surface area contributed by atoms with Crippen molar-refractivity contribution in [2.45, 2.75) is 13.0 Å². The first-order chi connectivity index (χ1) is 12.1. The zero-order valence-corrected chi connectivity index (χ0v) is 15.4. The van der Waals surface area contributed by atoms with Gasteiger partial charge in [0.25, 0.3) is 5.91 Å². The van der Waals surface area contributed by atoms with E-state index in [-0.39, 0.29) is 12.0 Å². The van der Waals surface area contributed by atoms with Gasteiger partial charge in [0.15, 0.2) is 0 Å². The molecule has 0 aliphatic carbocycles. The van der Waals surface area contributed by atoms with Crippen molar-refractivity contribution in [2.75, 3.05) is 70.9 Å². The Bertz CT molecular complexity index is 572. The fourth-order valence-corrected chi connectivity index (χ4v) is 3.44. The highest BCUT2D eigenvalue weighted by Crippen LogP contribution is 2.17. The van der Waals surface area contributed by atoms with Crippen molar-refractivity contribution >= 4 is 11.6 Å². The van der Waals surface area contributed by atoms with Gasteiger partial charge in [0.1, 0.15) is 6.10 Å². The van der Waals surface area contributed by atoms with Gasteiger partial charge in [0, 0.05) is 58.0 Å². The molecule has 138 valence electrons. The average molecular weight is 346 g/mol. The highest BCUT2D eigenvalue weighted by Gasteiger charge is 2.24. The number of aryl methyl sites for hydroxylation is 1. The number of rotatable bonds is 5. The van der Waals surface area contributed by atoms with Crippen LogP contribution in [-0.4, -0.2) is 87.8 Å². The summed E-state index contributed by atoms with van der Waals surface area (Å²) in [6.45, 7) is 10.1. The molecule has 1 aromatic rings. The van der Waals surface area contributed by atoms with E-state index in [0.717, 1.165) is 39.3 Å². The number of anilines is 1. The Balaban J connectivity index is 1.36. The highest BCUT2D eigenvalue weighted by atomic mass is 16.5. The van der Waals surface area contributed by atoms with Crippen LogP contribution in [0, 0.1) is 6.92 Å². The second-order valence-electron chi connectivity index (χ2n) is 7.08. The van der Waals surface area contributed by atoms with E-state index in [2.05, 4.69) is 51.2 Å². The van der Waals surface area contributed by atoms with Crippen LogP contribution in [0.15, 0.2) is 24.3 Å². The van der Waals surface area contributed by atoms with E-state index in [4.69, 9.17) is 4.74 Å². The molecule has 2 heterocycles. The molecule has 0 bridgehead atoms. The minimum Gasteiger partial charge on any atom is -0.369 e. The Morgan fingerprint density at radius 2 is 2.04 bits per heavy atom. The number of ether oxygens (including phenoxy) is 1. The van der Waals surface area contributed by atoms with E-state index in [0.29, 0.717) is 19.7 Å². The largest absolute Gasteiger partial charge is 0.369 e. The third-order valence-corrected chi connectivity index (χ3v) is 5.03. The van der Waals surface area contributed by atoms with Gasteiger partial charge in [-0.05, 0) is 31.7 Å². The first kappa shape index (κ1) is 18.2. The molecule has 1 aromatic carbocycles. The SMILES string of the molecule is Cc1cccc(N2CCN(CCNC(=O)[C@@H]3CN(C)CCO3)CC2)c1. The van der Waals surface area contributed by atoms with Crippen molar-refractivity contribution in [3.63, 3.8) is 0 Å². The molecule has 2 aliphatic rings. The number of amides is 1. The van der Waals surface area contributed by atoms with Gasteiger partial charge in [-0.1, -0.05) is 12.1 Å². The quantitative estimate of drug-likeness (QED) is 0.844. The van der Waals surface area contributed by atoms with Crippen LogP contribution >= 0.6 is 0 Å². The fraction of sp³-hybridized carbons (Fsp3) is 0.632. The van der Waals surface area contributed by atoms with Crippen molar-refractivity contribution in [1.82, 2.24) is 15.1 Å². The van der Waals surface area contributed by atoms with E-state index >= 15 is 0 Å². The van der Waals surface area contributed by atoms with Crippen molar-refractivity contribution in [3.8, 4) is 0 Å². The summed E-state index contributed by atoms with van der Waals surface area (Å²) in [5, 5.41) is 3.02. The van der Waals surface area contributed by atoms with Crippen molar-refractivity contribution in [1.29, 1.82) is 0 Å². The lowest BCUT2D eigenvalue weighted by atomic mass is 10.2. The van der Waals surface area contributed by atoms with E-state index in [1.54, 1.807) is 0 Å². The van der Waals surface area contributed by atoms with Gasteiger partial charge in [-0.2, -0.15) is 0 Å². The lowest BCUT2D eigenvalue weighted by Gasteiger charge is -2.36. The fourth-order valence-electron chi connectivity index (χ4n) is 3.44. The van der Waals surface area contributed by atoms with Crippen LogP contribution < -0.4 is 10.2 Å². The molecule has 0 saturated carbocycles. The lowest BCUT2D eigenvalue weighted by Crippen LogP contribution is -2.51. The van der Waals surface area contributed by atoms with Gasteiger partial charge in [-0.15, -0.1) is 0 Å². The van der Waals surface area contributed by atoms with E-state index in [1.807, 2.05) is 7.05 Å². The van der Waals surface area contributed by atoms with Crippen molar-refractivity contribution in [2.24, 2.45) is 0 Å². The maximum atomic E-state index is 12.2. The van der Waals surface area contributed by atoms with Gasteiger partial charge >= 0.3 is 0 Å². The van der Waals surface area contributed by atoms with Crippen molar-refractivity contribution in [3.05, 3.63) is 29.8 Å². The summed E-state index contributed by atoms with van der Waals surface area (Å²) in [6, 6.07) is 8.69. The summed E-state index contributed by atoms with van der Waals surface area (Å²) in [5.74, 6) is 0.0185. The molecule has 1 atom stereocenters. The molecule has 1 amide bonds. The van der Waals surface area contributed by atoms with Gasteiger partial charge in [-0.3, -0.25) is 9.69 Å². The van der Waals surface area contributed by atoms with Crippen LogP contribution in [0.4, 0.5) is 5.69 Å². The summed E-state index contributed by atoms with van der Waals surface area (Å²) >= 11 is 0. The molecular formula is C19H30N4O2. The van der Waals surface area contributed by atoms with E-state index in [1.165, 1.54) is 11.3 Å². The van der Waals surface area contributed by atoms with Gasteiger partial charge in [0.2, 0.25) is 0 Å². The lowest BCUT2D eigenvalue weighted by molar-refractivity contribution is -0.137. The van der Waals surface area contributed by atoms with E-state index < -0.39 is 0 Å². The maximum absolute atomic E-state index is 12.2. The smallest absolute Gasteiger partial charge is 0.250 e. The summed E-state index contributed by atoms with van der Waals surface area (Å²) in [5.41, 5.74) is 2.62. The molecular weight excluding hydrogens is 316 g/mol. The predicted octanol–water partition coefficient (Wildman–Crippen LogP) is 0.564. The summed E-state index contributed by atoms with van der Waals surface area (Å²) in [4.78, 5) is 19.2. The van der Waals surface area contributed by atoms with Gasteiger partial charge in [0.05, 0.1) is 6.61 Å². The first-order valence-electron chi connectivity index (χ1n) is 9.23. The summed E-state index contributed by atoms with van der Waals surface area (Å²) in [6.07, 6.45) is -0.322. The number of piperazine rings is 1. The maximum Gasteiger partial charge on any atom is 0.250 e. The number of carbonyl (C=O) groups excluding carboxylic acids is 1. The monoisotopic (exact) mass is 346 g/mol. The van der Waals surface area contributed by atoms with Gasteiger partial charge in [-0.25, -0.2) is 0 Å². The summed E-state index contributed by atoms with van der Waals surface area (Å²) < 4.78 is 5.55. The Hall–Kier alpha value is -1.63. The molecule has 6 nitrogen and oxygen atoms in total.